The zero-order valence-electron chi connectivity index (χ0n) is 23.6. The minimum atomic E-state index is -0.939. The lowest BCUT2D eigenvalue weighted by Crippen LogP contribution is -2.40. The van der Waals surface area contributed by atoms with Gasteiger partial charge in [0.05, 0.1) is 31.1 Å². The molecule has 0 saturated carbocycles. The first-order chi connectivity index (χ1) is 20.4. The average Bonchev–Trinajstić information content (AvgIpc) is 3.76. The summed E-state index contributed by atoms with van der Waals surface area (Å²) in [5.74, 6) is -0.779. The van der Waals surface area contributed by atoms with Crippen LogP contribution in [0.1, 0.15) is 49.0 Å². The molecular formula is C33H37NO7S. The molecule has 0 unspecified atom stereocenters. The fourth-order valence-electron chi connectivity index (χ4n) is 6.15. The highest BCUT2D eigenvalue weighted by Crippen LogP contribution is 2.47. The quantitative estimate of drug-likeness (QED) is 0.190. The van der Waals surface area contributed by atoms with Gasteiger partial charge in [-0.3, -0.25) is 14.5 Å². The van der Waals surface area contributed by atoms with Crippen molar-refractivity contribution in [2.24, 2.45) is 17.8 Å². The number of hydrogen-bond donors (Lipinski definition) is 3. The Morgan fingerprint density at radius 1 is 1.12 bits per heavy atom. The molecule has 2 amide bonds. The molecule has 9 heteroatoms. The number of carbonyl (C=O) groups excluding carboxylic acids is 2. The molecule has 1 fully saturated rings. The van der Waals surface area contributed by atoms with Crippen LogP contribution in [0, 0.1) is 17.8 Å². The van der Waals surface area contributed by atoms with Gasteiger partial charge in [0.2, 0.25) is 11.8 Å². The predicted octanol–water partition coefficient (Wildman–Crippen LogP) is 4.96. The second-order valence-electron chi connectivity index (χ2n) is 10.8. The van der Waals surface area contributed by atoms with Crippen LogP contribution < -0.4 is 4.74 Å². The fraction of sp³-hybridized carbons (Fsp3) is 0.394. The third kappa shape index (κ3) is 6.44. The highest BCUT2D eigenvalue weighted by Gasteiger charge is 2.54. The van der Waals surface area contributed by atoms with Crippen LogP contribution in [-0.4, -0.2) is 51.4 Å². The van der Waals surface area contributed by atoms with E-state index in [0.717, 1.165) is 22.4 Å². The van der Waals surface area contributed by atoms with E-state index in [2.05, 4.69) is 0 Å². The molecule has 1 aromatic carbocycles. The molecule has 2 aromatic heterocycles. The first-order valence-corrected chi connectivity index (χ1v) is 15.3. The number of thiophene rings is 1. The molecule has 5 rings (SSSR count). The molecule has 0 spiro atoms. The van der Waals surface area contributed by atoms with Gasteiger partial charge in [0.25, 0.3) is 0 Å². The monoisotopic (exact) mass is 591 g/mol. The number of furan rings is 1. The van der Waals surface area contributed by atoms with Crippen LogP contribution in [-0.2, 0) is 22.7 Å². The molecule has 3 aromatic rings. The summed E-state index contributed by atoms with van der Waals surface area (Å²) in [4.78, 5) is 29.5. The summed E-state index contributed by atoms with van der Waals surface area (Å²) in [5, 5.41) is 33.5. The number of para-hydroxylation sites is 1. The maximum Gasteiger partial charge on any atom is 0.234 e. The van der Waals surface area contributed by atoms with E-state index in [1.54, 1.807) is 12.1 Å². The smallest absolute Gasteiger partial charge is 0.234 e. The molecule has 4 atom stereocenters. The molecule has 3 N–H and O–H groups in total. The number of aliphatic hydroxyl groups is 3. The van der Waals surface area contributed by atoms with Gasteiger partial charge in [0.1, 0.15) is 30.5 Å². The van der Waals surface area contributed by atoms with Crippen molar-refractivity contribution in [3.8, 4) is 5.75 Å². The van der Waals surface area contributed by atoms with Crippen molar-refractivity contribution in [1.29, 1.82) is 0 Å². The third-order valence-corrected chi connectivity index (χ3v) is 9.12. The van der Waals surface area contributed by atoms with Crippen LogP contribution >= 0.6 is 11.3 Å². The van der Waals surface area contributed by atoms with Crippen molar-refractivity contribution in [1.82, 2.24) is 4.90 Å². The number of aliphatic hydroxyl groups excluding tert-OH is 3. The first kappa shape index (κ1) is 30.0. The normalized spacial score (nSPS) is 21.7. The summed E-state index contributed by atoms with van der Waals surface area (Å²) in [6.07, 6.45) is 2.94. The van der Waals surface area contributed by atoms with E-state index in [0.29, 0.717) is 42.1 Å². The molecule has 1 saturated heterocycles. The second-order valence-corrected chi connectivity index (χ2v) is 11.8. The molecule has 222 valence electrons. The zero-order chi connectivity index (χ0) is 29.6. The van der Waals surface area contributed by atoms with Gasteiger partial charge in [-0.1, -0.05) is 36.8 Å². The number of fused-ring (bicyclic) bond motifs is 1. The van der Waals surface area contributed by atoms with Crippen LogP contribution in [0.5, 0.6) is 5.75 Å². The van der Waals surface area contributed by atoms with Crippen LogP contribution in [0.4, 0.5) is 0 Å². The molecule has 42 heavy (non-hydrogen) atoms. The van der Waals surface area contributed by atoms with E-state index in [4.69, 9.17) is 9.15 Å². The zero-order valence-corrected chi connectivity index (χ0v) is 24.5. The number of carbonyl (C=O) groups is 2. The Bertz CT molecular complexity index is 1430. The number of benzene rings is 1. The standard InChI is InChI=1S/C33H37NO7S/c1-2-21(15-24-11-12-25(18-35)41-24)10-13-29(37)30-22(20-40-23-7-4-3-5-8-23)16-27-31(28(30)19-36)33(39)34(32(27)38)17-26-9-6-14-42-26/h3-9,11-12,14-15,27-29,31,35-37H,2,10,13,16-20H2,1H3/b21-15+/t27-,28+,29-,31-/m1/s1. The predicted molar refractivity (Wildman–Crippen MR) is 159 cm³/mol. The number of likely N-dealkylation sites (tertiary alicyclic amines) is 1. The summed E-state index contributed by atoms with van der Waals surface area (Å²) in [6, 6.07) is 16.6. The Morgan fingerprint density at radius 2 is 1.93 bits per heavy atom. The minimum absolute atomic E-state index is 0.148. The van der Waals surface area contributed by atoms with Gasteiger partial charge in [-0.05, 0) is 78.6 Å². The molecule has 1 aliphatic heterocycles. The van der Waals surface area contributed by atoms with Gasteiger partial charge in [-0.2, -0.15) is 0 Å². The number of amides is 2. The SMILES string of the molecule is CC/C(=C\c1ccc(CO)o1)CC[C@@H](O)C1=C(COc2ccccc2)C[C@H]2C(=O)N(Cc3cccs3)C(=O)[C@H]2[C@H]1CO. The second kappa shape index (κ2) is 13.6. The molecule has 3 heterocycles. The first-order valence-electron chi connectivity index (χ1n) is 14.4. The van der Waals surface area contributed by atoms with Crippen molar-refractivity contribution in [2.45, 2.75) is 51.9 Å². The van der Waals surface area contributed by atoms with Crippen molar-refractivity contribution in [2.75, 3.05) is 13.2 Å². The molecule has 1 aliphatic carbocycles. The summed E-state index contributed by atoms with van der Waals surface area (Å²) < 4.78 is 11.7. The van der Waals surface area contributed by atoms with Crippen molar-refractivity contribution in [3.63, 3.8) is 0 Å². The van der Waals surface area contributed by atoms with Crippen LogP contribution in [0.25, 0.3) is 6.08 Å². The molecule has 8 nitrogen and oxygen atoms in total. The number of allylic oxidation sites excluding steroid dienone is 1. The summed E-state index contributed by atoms with van der Waals surface area (Å²) in [5.41, 5.74) is 2.41. The summed E-state index contributed by atoms with van der Waals surface area (Å²) in [6.45, 7) is 1.85. The molecule has 2 aliphatic rings. The fourth-order valence-corrected chi connectivity index (χ4v) is 6.84. The Kier molecular flexibility index (Phi) is 9.74. The van der Waals surface area contributed by atoms with E-state index in [1.165, 1.54) is 16.2 Å². The maximum absolute atomic E-state index is 13.7. The Morgan fingerprint density at radius 3 is 2.60 bits per heavy atom. The largest absolute Gasteiger partial charge is 0.489 e. The average molecular weight is 592 g/mol. The van der Waals surface area contributed by atoms with E-state index in [9.17, 15) is 24.9 Å². The third-order valence-electron chi connectivity index (χ3n) is 8.26. The Hall–Kier alpha value is -3.50. The van der Waals surface area contributed by atoms with Crippen molar-refractivity contribution in [3.05, 3.63) is 93.1 Å². The number of hydrogen-bond acceptors (Lipinski definition) is 8. The lowest BCUT2D eigenvalue weighted by molar-refractivity contribution is -0.140. The number of ether oxygens (including phenoxy) is 1. The maximum atomic E-state index is 13.7. The molecule has 0 radical (unpaired) electrons. The van der Waals surface area contributed by atoms with E-state index in [1.807, 2.05) is 60.8 Å². The van der Waals surface area contributed by atoms with Gasteiger partial charge in [-0.15, -0.1) is 11.3 Å². The van der Waals surface area contributed by atoms with Gasteiger partial charge in [0, 0.05) is 10.8 Å². The van der Waals surface area contributed by atoms with Gasteiger partial charge < -0.3 is 24.5 Å². The lowest BCUT2D eigenvalue weighted by atomic mass is 9.68. The highest BCUT2D eigenvalue weighted by molar-refractivity contribution is 7.09. The van der Waals surface area contributed by atoms with Crippen LogP contribution in [0.3, 0.4) is 0 Å². The number of imide groups is 1. The van der Waals surface area contributed by atoms with Gasteiger partial charge in [-0.25, -0.2) is 0 Å². The Balaban J connectivity index is 1.41. The molecular weight excluding hydrogens is 554 g/mol. The highest BCUT2D eigenvalue weighted by atomic mass is 32.1. The molecule has 0 bridgehead atoms. The van der Waals surface area contributed by atoms with E-state index >= 15 is 0 Å². The number of nitrogens with zero attached hydrogens (tertiary/aromatic N) is 1. The van der Waals surface area contributed by atoms with Crippen molar-refractivity contribution >= 4 is 29.2 Å². The number of rotatable bonds is 13. The Labute approximate surface area is 249 Å². The van der Waals surface area contributed by atoms with E-state index in [-0.39, 0.29) is 38.2 Å². The summed E-state index contributed by atoms with van der Waals surface area (Å²) >= 11 is 1.49. The van der Waals surface area contributed by atoms with Crippen molar-refractivity contribution < 1.29 is 34.1 Å². The van der Waals surface area contributed by atoms with Gasteiger partial charge >= 0.3 is 0 Å². The summed E-state index contributed by atoms with van der Waals surface area (Å²) in [7, 11) is 0. The van der Waals surface area contributed by atoms with Crippen LogP contribution in [0.15, 0.2) is 81.1 Å². The minimum Gasteiger partial charge on any atom is -0.489 e. The van der Waals surface area contributed by atoms with Crippen LogP contribution in [0.2, 0.25) is 0 Å². The van der Waals surface area contributed by atoms with E-state index < -0.39 is 23.9 Å². The lowest BCUT2D eigenvalue weighted by Gasteiger charge is -2.36. The topological polar surface area (TPSA) is 120 Å². The van der Waals surface area contributed by atoms with Gasteiger partial charge in [0.15, 0.2) is 0 Å².